The fraction of sp³-hybridized carbons (Fsp3) is 0.450. The smallest absolute Gasteiger partial charge is 0.407 e. The van der Waals surface area contributed by atoms with Gasteiger partial charge in [0.25, 0.3) is 0 Å². The minimum atomic E-state index is -0.346. The molecule has 5 heteroatoms. The first kappa shape index (κ1) is 17.5. The zero-order valence-corrected chi connectivity index (χ0v) is 15.0. The highest BCUT2D eigenvalue weighted by molar-refractivity contribution is 5.67. The van der Waals surface area contributed by atoms with Crippen molar-refractivity contribution < 1.29 is 13.9 Å². The normalized spacial score (nSPS) is 20.6. The first-order chi connectivity index (χ1) is 12.0. The van der Waals surface area contributed by atoms with E-state index < -0.39 is 0 Å². The zero-order chi connectivity index (χ0) is 17.8. The van der Waals surface area contributed by atoms with Gasteiger partial charge in [-0.1, -0.05) is 30.3 Å². The number of aryl methyl sites for hydroxylation is 2. The van der Waals surface area contributed by atoms with Crippen LogP contribution in [0.25, 0.3) is 0 Å². The average molecular weight is 342 g/mol. The van der Waals surface area contributed by atoms with Crippen LogP contribution in [-0.2, 0) is 11.3 Å². The monoisotopic (exact) mass is 342 g/mol. The van der Waals surface area contributed by atoms with Crippen LogP contribution in [0.15, 0.2) is 40.8 Å². The summed E-state index contributed by atoms with van der Waals surface area (Å²) in [5, 5.41) is 6.52. The first-order valence-corrected chi connectivity index (χ1v) is 8.81. The fourth-order valence-corrected chi connectivity index (χ4v) is 3.33. The second-order valence-electron chi connectivity index (χ2n) is 6.83. The van der Waals surface area contributed by atoms with Crippen LogP contribution in [0.1, 0.15) is 48.5 Å². The van der Waals surface area contributed by atoms with Gasteiger partial charge in [0.15, 0.2) is 0 Å². The molecule has 5 nitrogen and oxygen atoms in total. The molecule has 1 heterocycles. The molecule has 3 rings (SSSR count). The molecule has 1 unspecified atom stereocenters. The van der Waals surface area contributed by atoms with Gasteiger partial charge in [0.05, 0.1) is 0 Å². The van der Waals surface area contributed by atoms with Crippen molar-refractivity contribution in [1.82, 2.24) is 10.6 Å². The lowest BCUT2D eigenvalue weighted by Crippen LogP contribution is -2.52. The third-order valence-corrected chi connectivity index (χ3v) is 4.70. The van der Waals surface area contributed by atoms with Crippen molar-refractivity contribution in [3.05, 3.63) is 59.0 Å². The maximum atomic E-state index is 11.9. The molecule has 1 amide bonds. The SMILES string of the molecule is Cc1cc(C(C)NC2CC(NC(=O)OCc3ccccc3)C2)c(C)o1. The number of carbonyl (C=O) groups is 1. The summed E-state index contributed by atoms with van der Waals surface area (Å²) in [6, 6.07) is 12.6. The van der Waals surface area contributed by atoms with Crippen LogP contribution in [-0.4, -0.2) is 18.2 Å². The lowest BCUT2D eigenvalue weighted by molar-refractivity contribution is 0.124. The second kappa shape index (κ2) is 7.74. The van der Waals surface area contributed by atoms with E-state index in [1.54, 1.807) is 0 Å². The Kier molecular flexibility index (Phi) is 5.43. The highest BCUT2D eigenvalue weighted by Gasteiger charge is 2.32. The molecule has 1 aromatic carbocycles. The molecule has 1 aliphatic carbocycles. The van der Waals surface area contributed by atoms with Crippen molar-refractivity contribution >= 4 is 6.09 Å². The molecule has 1 fully saturated rings. The van der Waals surface area contributed by atoms with Crippen molar-refractivity contribution in [1.29, 1.82) is 0 Å². The molecule has 1 aliphatic rings. The van der Waals surface area contributed by atoms with E-state index in [4.69, 9.17) is 9.15 Å². The van der Waals surface area contributed by atoms with Gasteiger partial charge in [-0.2, -0.15) is 0 Å². The lowest BCUT2D eigenvalue weighted by Gasteiger charge is -2.37. The Morgan fingerprint density at radius 1 is 1.24 bits per heavy atom. The van der Waals surface area contributed by atoms with Crippen molar-refractivity contribution in [3.8, 4) is 0 Å². The Morgan fingerprint density at radius 2 is 1.96 bits per heavy atom. The van der Waals surface area contributed by atoms with Crippen molar-refractivity contribution in [2.75, 3.05) is 0 Å². The summed E-state index contributed by atoms with van der Waals surface area (Å²) in [4.78, 5) is 11.9. The minimum Gasteiger partial charge on any atom is -0.466 e. The largest absolute Gasteiger partial charge is 0.466 e. The summed E-state index contributed by atoms with van der Waals surface area (Å²) < 4.78 is 10.8. The van der Waals surface area contributed by atoms with Gasteiger partial charge in [0.2, 0.25) is 0 Å². The molecule has 2 aromatic rings. The predicted octanol–water partition coefficient (Wildman–Crippen LogP) is 4.00. The van der Waals surface area contributed by atoms with E-state index >= 15 is 0 Å². The van der Waals surface area contributed by atoms with Crippen LogP contribution in [0.3, 0.4) is 0 Å². The molecule has 0 spiro atoms. The molecule has 0 saturated heterocycles. The number of rotatable bonds is 6. The molecule has 0 radical (unpaired) electrons. The average Bonchev–Trinajstić information content (AvgIpc) is 2.90. The quantitative estimate of drug-likeness (QED) is 0.833. The molecule has 0 aliphatic heterocycles. The maximum Gasteiger partial charge on any atom is 0.407 e. The van der Waals surface area contributed by atoms with Crippen molar-refractivity contribution in [3.63, 3.8) is 0 Å². The van der Waals surface area contributed by atoms with Crippen molar-refractivity contribution in [2.45, 2.75) is 58.3 Å². The molecule has 0 bridgehead atoms. The topological polar surface area (TPSA) is 63.5 Å². The third kappa shape index (κ3) is 4.63. The van der Waals surface area contributed by atoms with Crippen LogP contribution >= 0.6 is 0 Å². The van der Waals surface area contributed by atoms with Crippen LogP contribution in [0, 0.1) is 13.8 Å². The van der Waals surface area contributed by atoms with Crippen LogP contribution in [0.2, 0.25) is 0 Å². The molecular weight excluding hydrogens is 316 g/mol. The van der Waals surface area contributed by atoms with E-state index in [1.807, 2.05) is 44.2 Å². The lowest BCUT2D eigenvalue weighted by atomic mass is 9.86. The van der Waals surface area contributed by atoms with Gasteiger partial charge in [-0.15, -0.1) is 0 Å². The standard InChI is InChI=1S/C20H26N2O3/c1-13-9-19(15(3)25-13)14(2)21-17-10-18(11-17)22-20(23)24-12-16-7-5-4-6-8-16/h4-9,14,17-18,21H,10-12H2,1-3H3,(H,22,23). The third-order valence-electron chi connectivity index (χ3n) is 4.70. The van der Waals surface area contributed by atoms with Gasteiger partial charge in [-0.25, -0.2) is 4.79 Å². The molecule has 1 saturated carbocycles. The van der Waals surface area contributed by atoms with Crippen LogP contribution in [0.5, 0.6) is 0 Å². The Hall–Kier alpha value is -2.27. The highest BCUT2D eigenvalue weighted by Crippen LogP contribution is 2.26. The fourth-order valence-electron chi connectivity index (χ4n) is 3.33. The first-order valence-electron chi connectivity index (χ1n) is 8.81. The number of ether oxygens (including phenoxy) is 1. The van der Waals surface area contributed by atoms with E-state index in [1.165, 1.54) is 5.56 Å². The summed E-state index contributed by atoms with van der Waals surface area (Å²) in [5.74, 6) is 1.91. The van der Waals surface area contributed by atoms with E-state index in [0.29, 0.717) is 12.6 Å². The molecule has 25 heavy (non-hydrogen) atoms. The van der Waals surface area contributed by atoms with Crippen LogP contribution < -0.4 is 10.6 Å². The minimum absolute atomic E-state index is 0.181. The molecular formula is C20H26N2O3. The number of benzene rings is 1. The Bertz CT molecular complexity index is 705. The Labute approximate surface area is 148 Å². The molecule has 134 valence electrons. The summed E-state index contributed by atoms with van der Waals surface area (Å²) in [7, 11) is 0. The maximum absolute atomic E-state index is 11.9. The van der Waals surface area contributed by atoms with Gasteiger partial charge in [0, 0.05) is 23.7 Å². The number of hydrogen-bond acceptors (Lipinski definition) is 4. The number of carbonyl (C=O) groups excluding carboxylic acids is 1. The van der Waals surface area contributed by atoms with E-state index in [9.17, 15) is 4.79 Å². The number of hydrogen-bond donors (Lipinski definition) is 2. The van der Waals surface area contributed by atoms with E-state index in [-0.39, 0.29) is 18.2 Å². The predicted molar refractivity (Wildman–Crippen MR) is 96.3 cm³/mol. The van der Waals surface area contributed by atoms with Crippen molar-refractivity contribution in [2.24, 2.45) is 0 Å². The van der Waals surface area contributed by atoms with Gasteiger partial charge >= 0.3 is 6.09 Å². The summed E-state index contributed by atoms with van der Waals surface area (Å²) in [5.41, 5.74) is 2.20. The van der Waals surface area contributed by atoms with E-state index in [0.717, 1.165) is 29.9 Å². The van der Waals surface area contributed by atoms with Gasteiger partial charge in [-0.3, -0.25) is 0 Å². The van der Waals surface area contributed by atoms with E-state index in [2.05, 4.69) is 23.6 Å². The van der Waals surface area contributed by atoms with Gasteiger partial charge < -0.3 is 19.8 Å². The second-order valence-corrected chi connectivity index (χ2v) is 6.83. The molecule has 2 N–H and O–H groups in total. The molecule has 1 aromatic heterocycles. The summed E-state index contributed by atoms with van der Waals surface area (Å²) >= 11 is 0. The summed E-state index contributed by atoms with van der Waals surface area (Å²) in [6.45, 7) is 6.41. The summed E-state index contributed by atoms with van der Waals surface area (Å²) in [6.07, 6.45) is 1.49. The zero-order valence-electron chi connectivity index (χ0n) is 15.0. The Morgan fingerprint density at radius 3 is 2.60 bits per heavy atom. The number of furan rings is 1. The Balaban J connectivity index is 1.36. The van der Waals surface area contributed by atoms with Crippen LogP contribution in [0.4, 0.5) is 4.79 Å². The van der Waals surface area contributed by atoms with Gasteiger partial charge in [-0.05, 0) is 45.2 Å². The number of amides is 1. The highest BCUT2D eigenvalue weighted by atomic mass is 16.5. The number of nitrogens with one attached hydrogen (secondary N) is 2. The van der Waals surface area contributed by atoms with Gasteiger partial charge in [0.1, 0.15) is 18.1 Å². The number of alkyl carbamates (subject to hydrolysis) is 1. The molecule has 1 atom stereocenters.